The number of amides is 1. The first-order valence-electron chi connectivity index (χ1n) is 9.38. The molecule has 8 nitrogen and oxygen atoms in total. The van der Waals surface area contributed by atoms with Crippen LogP contribution in [0.2, 0.25) is 0 Å². The normalized spacial score (nSPS) is 18.1. The topological polar surface area (TPSA) is 106 Å². The average Bonchev–Trinajstić information content (AvgIpc) is 3.30. The number of anilines is 1. The molecular weight excluding hydrogens is 386 g/mol. The average molecular weight is 405 g/mol. The van der Waals surface area contributed by atoms with Crippen molar-refractivity contribution in [1.82, 2.24) is 10.1 Å². The van der Waals surface area contributed by atoms with E-state index in [1.54, 1.807) is 61.8 Å². The van der Waals surface area contributed by atoms with Crippen LogP contribution in [0.3, 0.4) is 0 Å². The molecule has 1 atom stereocenters. The van der Waals surface area contributed by atoms with Crippen LogP contribution in [-0.2, 0) is 9.59 Å². The monoisotopic (exact) mass is 405 g/mol. The Morgan fingerprint density at radius 1 is 1.23 bits per heavy atom. The minimum absolute atomic E-state index is 0.0437. The molecular formula is C22H19N3O5. The molecule has 0 radical (unpaired) electrons. The van der Waals surface area contributed by atoms with Crippen molar-refractivity contribution in [3.63, 3.8) is 0 Å². The summed E-state index contributed by atoms with van der Waals surface area (Å²) >= 11 is 0. The number of hydrogen-bond acceptors (Lipinski definition) is 7. The van der Waals surface area contributed by atoms with Gasteiger partial charge >= 0.3 is 5.91 Å². The van der Waals surface area contributed by atoms with Crippen molar-refractivity contribution in [3.05, 3.63) is 77.3 Å². The third-order valence-electron chi connectivity index (χ3n) is 4.75. The van der Waals surface area contributed by atoms with Crippen LogP contribution >= 0.6 is 0 Å². The van der Waals surface area contributed by atoms with Gasteiger partial charge in [-0.1, -0.05) is 11.2 Å². The molecule has 30 heavy (non-hydrogen) atoms. The smallest absolute Gasteiger partial charge is 0.301 e. The molecule has 0 saturated carbocycles. The molecule has 1 N–H and O–H groups in total. The Bertz CT molecular complexity index is 1120. The van der Waals surface area contributed by atoms with Gasteiger partial charge in [0.05, 0.1) is 18.2 Å². The van der Waals surface area contributed by atoms with Crippen LogP contribution in [0, 0.1) is 6.92 Å². The molecule has 1 aliphatic heterocycles. The molecule has 0 spiro atoms. The Labute approximate surface area is 172 Å². The van der Waals surface area contributed by atoms with E-state index in [0.29, 0.717) is 29.2 Å². The predicted octanol–water partition coefficient (Wildman–Crippen LogP) is 3.40. The molecule has 3 aromatic rings. The number of aromatic nitrogens is 2. The van der Waals surface area contributed by atoms with Gasteiger partial charge in [-0.15, -0.1) is 0 Å². The first-order valence-corrected chi connectivity index (χ1v) is 9.38. The summed E-state index contributed by atoms with van der Waals surface area (Å²) in [7, 11) is 0. The van der Waals surface area contributed by atoms with Crippen LogP contribution in [0.5, 0.6) is 5.75 Å². The largest absolute Gasteiger partial charge is 0.507 e. The van der Waals surface area contributed by atoms with Crippen molar-refractivity contribution in [2.24, 2.45) is 0 Å². The van der Waals surface area contributed by atoms with E-state index >= 15 is 0 Å². The lowest BCUT2D eigenvalue weighted by Gasteiger charge is -2.22. The number of rotatable bonds is 5. The number of aliphatic hydroxyl groups is 1. The molecule has 0 unspecified atom stereocenters. The number of ether oxygens (including phenoxy) is 1. The zero-order valence-electron chi connectivity index (χ0n) is 16.4. The van der Waals surface area contributed by atoms with E-state index in [1.807, 2.05) is 6.92 Å². The maximum atomic E-state index is 13.0. The van der Waals surface area contributed by atoms with Gasteiger partial charge in [0.1, 0.15) is 17.3 Å². The lowest BCUT2D eigenvalue weighted by Crippen LogP contribution is -2.29. The van der Waals surface area contributed by atoms with Gasteiger partial charge in [0.25, 0.3) is 5.78 Å². The SMILES string of the molecule is CCOc1ccc(/C(O)=C2\C(=O)C(=O)N(c3cc(C)on3)[C@H]2c2cccnc2)cc1. The maximum absolute atomic E-state index is 13.0. The summed E-state index contributed by atoms with van der Waals surface area (Å²) in [5, 5.41) is 14.9. The molecule has 0 bridgehead atoms. The highest BCUT2D eigenvalue weighted by Crippen LogP contribution is 2.41. The minimum atomic E-state index is -0.894. The summed E-state index contributed by atoms with van der Waals surface area (Å²) in [6, 6.07) is 10.7. The molecule has 1 aromatic carbocycles. The van der Waals surface area contributed by atoms with E-state index in [1.165, 1.54) is 4.90 Å². The van der Waals surface area contributed by atoms with Gasteiger partial charge in [0, 0.05) is 24.0 Å². The molecule has 152 valence electrons. The quantitative estimate of drug-likeness (QED) is 0.394. The highest BCUT2D eigenvalue weighted by molar-refractivity contribution is 6.51. The predicted molar refractivity (Wildman–Crippen MR) is 108 cm³/mol. The van der Waals surface area contributed by atoms with E-state index < -0.39 is 17.7 Å². The van der Waals surface area contributed by atoms with E-state index in [9.17, 15) is 14.7 Å². The van der Waals surface area contributed by atoms with Gasteiger partial charge < -0.3 is 14.4 Å². The molecule has 2 aromatic heterocycles. The van der Waals surface area contributed by atoms with E-state index in [0.717, 1.165) is 0 Å². The van der Waals surface area contributed by atoms with Crippen molar-refractivity contribution in [1.29, 1.82) is 0 Å². The summed E-state index contributed by atoms with van der Waals surface area (Å²) in [6.07, 6.45) is 3.13. The fourth-order valence-corrected chi connectivity index (χ4v) is 3.42. The maximum Gasteiger partial charge on any atom is 0.301 e. The highest BCUT2D eigenvalue weighted by atomic mass is 16.5. The Morgan fingerprint density at radius 2 is 2.00 bits per heavy atom. The van der Waals surface area contributed by atoms with Gasteiger partial charge in [-0.25, -0.2) is 0 Å². The molecule has 8 heteroatoms. The Kier molecular flexibility index (Phi) is 5.05. The summed E-state index contributed by atoms with van der Waals surface area (Å²) in [6.45, 7) is 4.07. The van der Waals surface area contributed by atoms with E-state index in [2.05, 4.69) is 10.1 Å². The molecule has 4 rings (SSSR count). The van der Waals surface area contributed by atoms with Crippen molar-refractivity contribution in [2.45, 2.75) is 19.9 Å². The number of nitrogens with zero attached hydrogens (tertiary/aromatic N) is 3. The molecule has 1 saturated heterocycles. The summed E-state index contributed by atoms with van der Waals surface area (Å²) < 4.78 is 10.5. The fourth-order valence-electron chi connectivity index (χ4n) is 3.42. The van der Waals surface area contributed by atoms with Crippen LogP contribution < -0.4 is 9.64 Å². The summed E-state index contributed by atoms with van der Waals surface area (Å²) in [4.78, 5) is 31.2. The number of carbonyl (C=O) groups is 2. The fraction of sp³-hybridized carbons (Fsp3) is 0.182. The summed E-state index contributed by atoms with van der Waals surface area (Å²) in [5.41, 5.74) is 0.907. The van der Waals surface area contributed by atoms with Crippen molar-refractivity contribution in [2.75, 3.05) is 11.5 Å². The molecule has 0 aliphatic carbocycles. The zero-order chi connectivity index (χ0) is 21.3. The van der Waals surface area contributed by atoms with Crippen molar-refractivity contribution < 1.29 is 24.0 Å². The second-order valence-corrected chi connectivity index (χ2v) is 6.71. The van der Waals surface area contributed by atoms with Crippen molar-refractivity contribution >= 4 is 23.3 Å². The number of Topliss-reactive ketones (excluding diaryl/α,β-unsaturated/α-hetero) is 1. The Balaban J connectivity index is 1.87. The summed E-state index contributed by atoms with van der Waals surface area (Å²) in [5.74, 6) is -0.581. The first kappa shape index (κ1) is 19.4. The van der Waals surface area contributed by atoms with Crippen LogP contribution in [0.25, 0.3) is 5.76 Å². The number of ketones is 1. The lowest BCUT2D eigenvalue weighted by molar-refractivity contribution is -0.132. The number of carbonyl (C=O) groups excluding carboxylic acids is 2. The first-order chi connectivity index (χ1) is 14.5. The van der Waals surface area contributed by atoms with Crippen LogP contribution in [0.15, 0.2) is 65.0 Å². The van der Waals surface area contributed by atoms with Gasteiger partial charge in [0.15, 0.2) is 5.82 Å². The number of benzene rings is 1. The number of pyridine rings is 1. The second-order valence-electron chi connectivity index (χ2n) is 6.71. The third kappa shape index (κ3) is 3.32. The lowest BCUT2D eigenvalue weighted by atomic mass is 9.96. The Hall–Kier alpha value is -3.94. The highest BCUT2D eigenvalue weighted by Gasteiger charge is 2.48. The second kappa shape index (κ2) is 7.82. The zero-order valence-corrected chi connectivity index (χ0v) is 16.4. The van der Waals surface area contributed by atoms with Crippen LogP contribution in [0.4, 0.5) is 5.82 Å². The van der Waals surface area contributed by atoms with E-state index in [4.69, 9.17) is 9.26 Å². The van der Waals surface area contributed by atoms with Gasteiger partial charge in [-0.05, 0) is 49.7 Å². The van der Waals surface area contributed by atoms with Gasteiger partial charge in [0.2, 0.25) is 0 Å². The standard InChI is InChI=1S/C22H19N3O5/c1-3-29-16-8-6-14(7-9-16)20(26)18-19(15-5-4-10-23-12-15)25(22(28)21(18)27)17-11-13(2)30-24-17/h4-12,19,26H,3H2,1-2H3/b20-18+/t19-/m0/s1. The van der Waals surface area contributed by atoms with Gasteiger partial charge in [-0.2, -0.15) is 0 Å². The van der Waals surface area contributed by atoms with Crippen molar-refractivity contribution in [3.8, 4) is 5.75 Å². The van der Waals surface area contributed by atoms with Crippen LogP contribution in [-0.4, -0.2) is 33.5 Å². The molecule has 3 heterocycles. The van der Waals surface area contributed by atoms with Crippen LogP contribution in [0.1, 0.15) is 29.9 Å². The van der Waals surface area contributed by atoms with Gasteiger partial charge in [-0.3, -0.25) is 19.5 Å². The third-order valence-corrected chi connectivity index (χ3v) is 4.75. The van der Waals surface area contributed by atoms with E-state index in [-0.39, 0.29) is 17.2 Å². The number of aliphatic hydroxyl groups excluding tert-OH is 1. The molecule has 1 fully saturated rings. The Morgan fingerprint density at radius 3 is 2.60 bits per heavy atom. The molecule has 1 aliphatic rings. The number of aryl methyl sites for hydroxylation is 1. The number of hydrogen-bond donors (Lipinski definition) is 1. The minimum Gasteiger partial charge on any atom is -0.507 e. The molecule has 1 amide bonds.